The fourth-order valence-corrected chi connectivity index (χ4v) is 8.39. The normalized spacial score (nSPS) is 12.0. The van der Waals surface area contributed by atoms with Crippen LogP contribution in [0.1, 0.15) is 310 Å². The van der Waals surface area contributed by atoms with Crippen LogP contribution >= 0.6 is 0 Å². The Morgan fingerprint density at radius 3 is 0.803 bits per heavy atom. The monoisotopic (exact) mass is 863 g/mol. The van der Waals surface area contributed by atoms with Gasteiger partial charge in [0.15, 0.2) is 6.10 Å². The summed E-state index contributed by atoms with van der Waals surface area (Å²) in [4.78, 5) is 38.0. The Morgan fingerprint density at radius 1 is 0.311 bits per heavy atom. The zero-order chi connectivity index (χ0) is 44.5. The molecule has 0 aromatic carbocycles. The van der Waals surface area contributed by atoms with Gasteiger partial charge in [0.1, 0.15) is 13.2 Å². The first-order chi connectivity index (χ1) is 29.9. The third-order valence-electron chi connectivity index (χ3n) is 12.5. The first-order valence-corrected chi connectivity index (χ1v) is 27.4. The van der Waals surface area contributed by atoms with Gasteiger partial charge in [0.2, 0.25) is 0 Å². The van der Waals surface area contributed by atoms with E-state index in [-0.39, 0.29) is 31.1 Å². The van der Waals surface area contributed by atoms with Crippen LogP contribution in [-0.2, 0) is 28.6 Å². The minimum Gasteiger partial charge on any atom is -0.462 e. The Balaban J connectivity index is 4.28. The topological polar surface area (TPSA) is 78.9 Å². The summed E-state index contributed by atoms with van der Waals surface area (Å²) in [5, 5.41) is 0. The molecule has 0 N–H and O–H groups in total. The largest absolute Gasteiger partial charge is 0.462 e. The van der Waals surface area contributed by atoms with Gasteiger partial charge in [-0.3, -0.25) is 14.4 Å². The van der Waals surface area contributed by atoms with E-state index in [1.54, 1.807) is 0 Å². The van der Waals surface area contributed by atoms with E-state index in [0.29, 0.717) is 19.3 Å². The van der Waals surface area contributed by atoms with Gasteiger partial charge < -0.3 is 14.2 Å². The summed E-state index contributed by atoms with van der Waals surface area (Å²) >= 11 is 0. The molecule has 6 nitrogen and oxygen atoms in total. The molecule has 0 fully saturated rings. The number of hydrogen-bond acceptors (Lipinski definition) is 6. The smallest absolute Gasteiger partial charge is 0.306 e. The van der Waals surface area contributed by atoms with E-state index in [2.05, 4.69) is 27.7 Å². The molecule has 61 heavy (non-hydrogen) atoms. The zero-order valence-electron chi connectivity index (χ0n) is 41.6. The van der Waals surface area contributed by atoms with E-state index >= 15 is 0 Å². The van der Waals surface area contributed by atoms with Crippen LogP contribution in [0, 0.1) is 5.92 Å². The SMILES string of the molecule is CCCCCCCCCCCCCCCCCCCC(=O)OC[C@@H](COC(=O)CCCCCCCCCCCCCC(C)C)OC(=O)CCCCCCCCCCCCCC. The average molecular weight is 863 g/mol. The summed E-state index contributed by atoms with van der Waals surface area (Å²) < 4.78 is 16.8. The molecule has 0 aliphatic carbocycles. The molecule has 0 spiro atoms. The van der Waals surface area contributed by atoms with Gasteiger partial charge in [0.25, 0.3) is 0 Å². The molecular weight excluding hydrogens is 757 g/mol. The molecule has 0 unspecified atom stereocenters. The van der Waals surface area contributed by atoms with Crippen molar-refractivity contribution < 1.29 is 28.6 Å². The lowest BCUT2D eigenvalue weighted by molar-refractivity contribution is -0.167. The second kappa shape index (κ2) is 49.4. The maximum atomic E-state index is 12.8. The minimum atomic E-state index is -0.761. The molecule has 0 bridgehead atoms. The molecule has 0 saturated heterocycles. The molecule has 0 aromatic rings. The van der Waals surface area contributed by atoms with Crippen LogP contribution in [0.4, 0.5) is 0 Å². The van der Waals surface area contributed by atoms with Crippen LogP contribution in [0.15, 0.2) is 0 Å². The molecule has 0 heterocycles. The molecule has 6 heteroatoms. The van der Waals surface area contributed by atoms with Gasteiger partial charge >= 0.3 is 17.9 Å². The minimum absolute atomic E-state index is 0.0623. The van der Waals surface area contributed by atoms with Crippen molar-refractivity contribution in [1.29, 1.82) is 0 Å². The fourth-order valence-electron chi connectivity index (χ4n) is 8.39. The second-order valence-electron chi connectivity index (χ2n) is 19.3. The molecule has 362 valence electrons. The zero-order valence-corrected chi connectivity index (χ0v) is 41.6. The summed E-state index contributed by atoms with van der Waals surface area (Å²) in [6.45, 7) is 9.03. The van der Waals surface area contributed by atoms with E-state index in [1.807, 2.05) is 0 Å². The fraction of sp³-hybridized carbons (Fsp3) is 0.945. The Morgan fingerprint density at radius 2 is 0.541 bits per heavy atom. The van der Waals surface area contributed by atoms with Crippen LogP contribution in [0.2, 0.25) is 0 Å². The highest BCUT2D eigenvalue weighted by Gasteiger charge is 2.19. The van der Waals surface area contributed by atoms with Crippen molar-refractivity contribution in [2.45, 2.75) is 316 Å². The first kappa shape index (κ1) is 59.4. The third kappa shape index (κ3) is 49.3. The van der Waals surface area contributed by atoms with Crippen molar-refractivity contribution in [3.63, 3.8) is 0 Å². The summed E-state index contributed by atoms with van der Waals surface area (Å²) in [5.41, 5.74) is 0. The molecule has 0 saturated carbocycles. The molecule has 0 amide bonds. The molecule has 0 aromatic heterocycles. The van der Waals surface area contributed by atoms with Crippen LogP contribution in [0.3, 0.4) is 0 Å². The third-order valence-corrected chi connectivity index (χ3v) is 12.5. The summed E-state index contributed by atoms with van der Waals surface area (Å²) in [5.74, 6) is -0.0135. The first-order valence-electron chi connectivity index (χ1n) is 27.4. The Labute approximate surface area is 380 Å². The van der Waals surface area contributed by atoms with E-state index in [1.165, 1.54) is 205 Å². The number of hydrogen-bond donors (Lipinski definition) is 0. The number of unbranched alkanes of at least 4 members (excludes halogenated alkanes) is 37. The molecule has 0 aliphatic rings. The van der Waals surface area contributed by atoms with Crippen LogP contribution in [0.25, 0.3) is 0 Å². The molecular formula is C55H106O6. The standard InChI is InChI=1S/C55H106O6/c1-5-7-9-11-13-15-17-19-20-21-22-23-27-30-34-38-42-46-53(56)59-49-52(61-55(58)48-44-40-36-32-26-18-16-14-12-10-8-6-2)50-60-54(57)47-43-39-35-31-28-24-25-29-33-37-41-45-51(3)4/h51-52H,5-50H2,1-4H3/t52-/m0/s1. The van der Waals surface area contributed by atoms with E-state index in [0.717, 1.165) is 63.7 Å². The Kier molecular flexibility index (Phi) is 48.1. The summed E-state index contributed by atoms with van der Waals surface area (Å²) in [6, 6.07) is 0. The highest BCUT2D eigenvalue weighted by molar-refractivity contribution is 5.71. The number of carbonyl (C=O) groups excluding carboxylic acids is 3. The summed E-state index contributed by atoms with van der Waals surface area (Å²) in [6.07, 6.45) is 52.3. The van der Waals surface area contributed by atoms with Crippen LogP contribution in [-0.4, -0.2) is 37.2 Å². The predicted octanol–water partition coefficient (Wildman–Crippen LogP) is 17.8. The lowest BCUT2D eigenvalue weighted by Crippen LogP contribution is -2.30. The van der Waals surface area contributed by atoms with Gasteiger partial charge in [0, 0.05) is 19.3 Å². The van der Waals surface area contributed by atoms with Crippen molar-refractivity contribution in [3.05, 3.63) is 0 Å². The van der Waals surface area contributed by atoms with Crippen LogP contribution < -0.4 is 0 Å². The van der Waals surface area contributed by atoms with Gasteiger partial charge in [-0.25, -0.2) is 0 Å². The van der Waals surface area contributed by atoms with Gasteiger partial charge in [-0.15, -0.1) is 0 Å². The number of ether oxygens (including phenoxy) is 3. The van der Waals surface area contributed by atoms with Crippen LogP contribution in [0.5, 0.6) is 0 Å². The molecule has 0 rings (SSSR count). The highest BCUT2D eigenvalue weighted by Crippen LogP contribution is 2.17. The predicted molar refractivity (Wildman–Crippen MR) is 261 cm³/mol. The number of carbonyl (C=O) groups is 3. The number of rotatable bonds is 50. The van der Waals surface area contributed by atoms with Gasteiger partial charge in [-0.2, -0.15) is 0 Å². The maximum Gasteiger partial charge on any atom is 0.306 e. The molecule has 0 radical (unpaired) electrons. The van der Waals surface area contributed by atoms with Crippen molar-refractivity contribution in [2.24, 2.45) is 5.92 Å². The van der Waals surface area contributed by atoms with E-state index < -0.39 is 6.10 Å². The highest BCUT2D eigenvalue weighted by atomic mass is 16.6. The van der Waals surface area contributed by atoms with Crippen molar-refractivity contribution in [3.8, 4) is 0 Å². The molecule has 1 atom stereocenters. The van der Waals surface area contributed by atoms with E-state index in [4.69, 9.17) is 14.2 Å². The number of esters is 3. The van der Waals surface area contributed by atoms with Crippen molar-refractivity contribution in [1.82, 2.24) is 0 Å². The quantitative estimate of drug-likeness (QED) is 0.0344. The lowest BCUT2D eigenvalue weighted by atomic mass is 10.0. The maximum absolute atomic E-state index is 12.8. The lowest BCUT2D eigenvalue weighted by Gasteiger charge is -2.18. The van der Waals surface area contributed by atoms with Gasteiger partial charge in [-0.05, 0) is 25.2 Å². The Bertz CT molecular complexity index is 918. The average Bonchev–Trinajstić information content (AvgIpc) is 3.24. The summed E-state index contributed by atoms with van der Waals surface area (Å²) in [7, 11) is 0. The van der Waals surface area contributed by atoms with E-state index in [9.17, 15) is 14.4 Å². The molecule has 0 aliphatic heterocycles. The van der Waals surface area contributed by atoms with Gasteiger partial charge in [0.05, 0.1) is 0 Å². The second-order valence-corrected chi connectivity index (χ2v) is 19.3. The Hall–Kier alpha value is -1.59. The van der Waals surface area contributed by atoms with Gasteiger partial charge in [-0.1, -0.05) is 272 Å². The van der Waals surface area contributed by atoms with Crippen molar-refractivity contribution in [2.75, 3.05) is 13.2 Å². The van der Waals surface area contributed by atoms with Crippen molar-refractivity contribution >= 4 is 17.9 Å².